The Bertz CT molecular complexity index is 650. The Morgan fingerprint density at radius 3 is 2.65 bits per heavy atom. The minimum atomic E-state index is 0.0833. The molecule has 0 spiro atoms. The number of pyridine rings is 1. The quantitative estimate of drug-likeness (QED) is 0.870. The molecule has 1 unspecified atom stereocenters. The summed E-state index contributed by atoms with van der Waals surface area (Å²) in [5, 5.41) is 4.31. The number of likely N-dealkylation sites (tertiary alicyclic amines) is 1. The van der Waals surface area contributed by atoms with Gasteiger partial charge in [-0.05, 0) is 50.5 Å². The van der Waals surface area contributed by atoms with Crippen molar-refractivity contribution in [3.05, 3.63) is 48.0 Å². The van der Waals surface area contributed by atoms with Crippen LogP contribution in [0, 0.1) is 0 Å². The van der Waals surface area contributed by atoms with Crippen molar-refractivity contribution in [2.45, 2.75) is 51.6 Å². The first kappa shape index (κ1) is 15.7. The van der Waals surface area contributed by atoms with Crippen molar-refractivity contribution in [2.24, 2.45) is 0 Å². The Kier molecular flexibility index (Phi) is 4.74. The first-order valence-corrected chi connectivity index (χ1v) is 8.43. The van der Waals surface area contributed by atoms with Crippen LogP contribution in [0.5, 0.6) is 0 Å². The third-order valence-electron chi connectivity index (χ3n) is 4.48. The molecular weight excluding hydrogens is 288 g/mol. The van der Waals surface area contributed by atoms with Gasteiger partial charge in [0.15, 0.2) is 0 Å². The Morgan fingerprint density at radius 1 is 1.13 bits per heavy atom. The lowest BCUT2D eigenvalue weighted by Gasteiger charge is -2.30. The third-order valence-corrected chi connectivity index (χ3v) is 4.48. The molecule has 3 heterocycles. The zero-order chi connectivity index (χ0) is 16.2. The molecule has 1 aliphatic rings. The van der Waals surface area contributed by atoms with Crippen LogP contribution in [0.1, 0.15) is 67.7 Å². The van der Waals surface area contributed by atoms with Crippen LogP contribution in [0.15, 0.2) is 36.8 Å². The lowest BCUT2D eigenvalue weighted by atomic mass is 10.0. The maximum atomic E-state index is 13.2. The SMILES string of the molecule is CC(C)n1nccc1C(=O)N1CCCCCC1c1ccncc1. The van der Waals surface area contributed by atoms with Crippen molar-refractivity contribution in [1.82, 2.24) is 19.7 Å². The van der Waals surface area contributed by atoms with Gasteiger partial charge in [-0.2, -0.15) is 5.10 Å². The highest BCUT2D eigenvalue weighted by atomic mass is 16.2. The predicted molar refractivity (Wildman–Crippen MR) is 89.1 cm³/mol. The Morgan fingerprint density at radius 2 is 1.91 bits per heavy atom. The van der Waals surface area contributed by atoms with Gasteiger partial charge >= 0.3 is 0 Å². The molecule has 1 aliphatic heterocycles. The lowest BCUT2D eigenvalue weighted by molar-refractivity contribution is 0.0666. The molecule has 2 aromatic heterocycles. The van der Waals surface area contributed by atoms with Crippen LogP contribution in [0.3, 0.4) is 0 Å². The van der Waals surface area contributed by atoms with Gasteiger partial charge in [0.2, 0.25) is 0 Å². The maximum Gasteiger partial charge on any atom is 0.272 e. The van der Waals surface area contributed by atoms with E-state index in [2.05, 4.69) is 10.1 Å². The smallest absolute Gasteiger partial charge is 0.272 e. The summed E-state index contributed by atoms with van der Waals surface area (Å²) in [7, 11) is 0. The monoisotopic (exact) mass is 312 g/mol. The van der Waals surface area contributed by atoms with Crippen LogP contribution in [0.2, 0.25) is 0 Å². The van der Waals surface area contributed by atoms with Crippen LogP contribution < -0.4 is 0 Å². The molecule has 1 saturated heterocycles. The first-order valence-electron chi connectivity index (χ1n) is 8.43. The highest BCUT2D eigenvalue weighted by Gasteiger charge is 2.29. The summed E-state index contributed by atoms with van der Waals surface area (Å²) in [6.07, 6.45) is 9.72. The molecule has 0 radical (unpaired) electrons. The van der Waals surface area contributed by atoms with Crippen molar-refractivity contribution >= 4 is 5.91 Å². The molecule has 0 saturated carbocycles. The molecule has 5 heteroatoms. The predicted octanol–water partition coefficient (Wildman–Crippen LogP) is 3.62. The normalized spacial score (nSPS) is 18.9. The summed E-state index contributed by atoms with van der Waals surface area (Å²) < 4.78 is 1.82. The number of aromatic nitrogens is 3. The maximum absolute atomic E-state index is 13.2. The van der Waals surface area contributed by atoms with Gasteiger partial charge in [0.25, 0.3) is 5.91 Å². The van der Waals surface area contributed by atoms with E-state index in [1.54, 1.807) is 18.6 Å². The Hall–Kier alpha value is -2.17. The second kappa shape index (κ2) is 6.94. The van der Waals surface area contributed by atoms with Crippen LogP contribution >= 0.6 is 0 Å². The molecule has 122 valence electrons. The molecule has 1 atom stereocenters. The van der Waals surface area contributed by atoms with Gasteiger partial charge in [-0.25, -0.2) is 0 Å². The van der Waals surface area contributed by atoms with E-state index in [9.17, 15) is 4.79 Å². The highest BCUT2D eigenvalue weighted by Crippen LogP contribution is 2.31. The molecule has 5 nitrogen and oxygen atoms in total. The van der Waals surface area contributed by atoms with E-state index in [0.29, 0.717) is 5.69 Å². The van der Waals surface area contributed by atoms with Gasteiger partial charge < -0.3 is 4.90 Å². The molecule has 1 amide bonds. The summed E-state index contributed by atoms with van der Waals surface area (Å²) in [5.74, 6) is 0.0833. The molecule has 0 bridgehead atoms. The van der Waals surface area contributed by atoms with Gasteiger partial charge in [-0.15, -0.1) is 0 Å². The fourth-order valence-electron chi connectivity index (χ4n) is 3.33. The highest BCUT2D eigenvalue weighted by molar-refractivity contribution is 5.93. The summed E-state index contributed by atoms with van der Waals surface area (Å²) in [5.41, 5.74) is 1.85. The van der Waals surface area contributed by atoms with Gasteiger partial charge in [0.1, 0.15) is 5.69 Å². The Labute approximate surface area is 137 Å². The summed E-state index contributed by atoms with van der Waals surface area (Å²) in [4.78, 5) is 19.3. The van der Waals surface area contributed by atoms with E-state index in [1.807, 2.05) is 41.6 Å². The van der Waals surface area contributed by atoms with Gasteiger partial charge in [-0.1, -0.05) is 12.8 Å². The van der Waals surface area contributed by atoms with Crippen molar-refractivity contribution < 1.29 is 4.79 Å². The van der Waals surface area contributed by atoms with Gasteiger partial charge in [-0.3, -0.25) is 14.5 Å². The van der Waals surface area contributed by atoms with Crippen LogP contribution in [0.4, 0.5) is 0 Å². The minimum absolute atomic E-state index is 0.0833. The molecule has 2 aromatic rings. The van der Waals surface area contributed by atoms with E-state index < -0.39 is 0 Å². The lowest BCUT2D eigenvalue weighted by Crippen LogP contribution is -2.36. The number of hydrogen-bond acceptors (Lipinski definition) is 3. The molecule has 0 aliphatic carbocycles. The van der Waals surface area contributed by atoms with Gasteiger partial charge in [0, 0.05) is 31.2 Å². The largest absolute Gasteiger partial charge is 0.330 e. The number of nitrogens with zero attached hydrogens (tertiary/aromatic N) is 4. The second-order valence-corrected chi connectivity index (χ2v) is 6.40. The summed E-state index contributed by atoms with van der Waals surface area (Å²) in [6, 6.07) is 6.18. The molecule has 0 aromatic carbocycles. The van der Waals surface area contributed by atoms with E-state index in [4.69, 9.17) is 0 Å². The zero-order valence-corrected chi connectivity index (χ0v) is 13.9. The van der Waals surface area contributed by atoms with Crippen molar-refractivity contribution in [2.75, 3.05) is 6.54 Å². The summed E-state index contributed by atoms with van der Waals surface area (Å²) in [6.45, 7) is 4.90. The fraction of sp³-hybridized carbons (Fsp3) is 0.500. The number of hydrogen-bond donors (Lipinski definition) is 0. The van der Waals surface area contributed by atoms with Crippen molar-refractivity contribution in [3.63, 3.8) is 0 Å². The topological polar surface area (TPSA) is 51.0 Å². The van der Waals surface area contributed by atoms with Crippen LogP contribution in [-0.2, 0) is 0 Å². The van der Waals surface area contributed by atoms with E-state index in [0.717, 1.165) is 25.8 Å². The average Bonchev–Trinajstić information content (AvgIpc) is 2.93. The average molecular weight is 312 g/mol. The molecule has 0 N–H and O–H groups in total. The van der Waals surface area contributed by atoms with E-state index >= 15 is 0 Å². The number of amides is 1. The third kappa shape index (κ3) is 3.28. The van der Waals surface area contributed by atoms with E-state index in [-0.39, 0.29) is 18.0 Å². The molecule has 1 fully saturated rings. The standard InChI is InChI=1S/C18H24N4O/c1-14(2)22-17(9-12-20-22)18(23)21-13-5-3-4-6-16(21)15-7-10-19-11-8-15/h7-12,14,16H,3-6,13H2,1-2H3. The zero-order valence-electron chi connectivity index (χ0n) is 13.9. The van der Waals surface area contributed by atoms with Crippen LogP contribution in [0.25, 0.3) is 0 Å². The number of carbonyl (C=O) groups excluding carboxylic acids is 1. The Balaban J connectivity index is 1.93. The van der Waals surface area contributed by atoms with Crippen molar-refractivity contribution in [1.29, 1.82) is 0 Å². The van der Waals surface area contributed by atoms with Crippen molar-refractivity contribution in [3.8, 4) is 0 Å². The number of carbonyl (C=O) groups is 1. The minimum Gasteiger partial charge on any atom is -0.330 e. The van der Waals surface area contributed by atoms with Crippen LogP contribution in [-0.4, -0.2) is 32.1 Å². The second-order valence-electron chi connectivity index (χ2n) is 6.40. The van der Waals surface area contributed by atoms with Gasteiger partial charge in [0.05, 0.1) is 6.04 Å². The van der Waals surface area contributed by atoms with E-state index in [1.165, 1.54) is 12.0 Å². The molecular formula is C18H24N4O. The molecule has 23 heavy (non-hydrogen) atoms. The summed E-state index contributed by atoms with van der Waals surface area (Å²) >= 11 is 0. The first-order chi connectivity index (χ1) is 11.2. The number of rotatable bonds is 3. The fourth-order valence-corrected chi connectivity index (χ4v) is 3.33. The molecule has 3 rings (SSSR count).